The van der Waals surface area contributed by atoms with Crippen molar-refractivity contribution in [1.82, 2.24) is 0 Å². The minimum absolute atomic E-state index is 0.313. The molecular weight excluding hydrogens is 183 g/mol. The molecule has 0 aliphatic rings. The topological polar surface area (TPSA) is 57.5 Å². The Balaban J connectivity index is 3.32. The number of hydrogen-bond donors (Lipinski definition) is 2. The van der Waals surface area contributed by atoms with E-state index in [1.54, 1.807) is 0 Å². The van der Waals surface area contributed by atoms with Crippen molar-refractivity contribution in [2.75, 3.05) is 6.26 Å². The van der Waals surface area contributed by atoms with Gasteiger partial charge in [-0.05, 0) is 18.2 Å². The highest BCUT2D eigenvalue weighted by Gasteiger charge is 2.25. The minimum Gasteiger partial charge on any atom is -0.304 e. The molecule has 0 fully saturated rings. The van der Waals surface area contributed by atoms with E-state index in [4.69, 9.17) is 9.11 Å². The average Bonchev–Trinajstić information content (AvgIpc) is 1.84. The van der Waals surface area contributed by atoms with Crippen LogP contribution >= 0.6 is 0 Å². The summed E-state index contributed by atoms with van der Waals surface area (Å²) in [6, 6.07) is 4.41. The van der Waals surface area contributed by atoms with Gasteiger partial charge in [0.25, 0.3) is 0 Å². The summed E-state index contributed by atoms with van der Waals surface area (Å²) < 4.78 is 41.7. The maximum absolute atomic E-state index is 12.5. The van der Waals surface area contributed by atoms with E-state index in [-0.39, 0.29) is 4.90 Å². The van der Waals surface area contributed by atoms with Gasteiger partial charge in [0.05, 0.1) is 4.90 Å². The lowest BCUT2D eigenvalue weighted by molar-refractivity contribution is 0.397. The molecule has 0 heterocycles. The number of rotatable bonds is 1. The first-order valence-corrected chi connectivity index (χ1v) is 5.44. The summed E-state index contributed by atoms with van der Waals surface area (Å²) >= 11 is 0. The normalized spacial score (nSPS) is 15.2. The lowest BCUT2D eigenvalue weighted by atomic mass is 10.4. The Morgan fingerprint density at radius 1 is 1.42 bits per heavy atom. The molecule has 0 aliphatic heterocycles. The summed E-state index contributed by atoms with van der Waals surface area (Å²) in [6.45, 7) is 0. The molecule has 0 radical (unpaired) electrons. The Bertz CT molecular complexity index is 358. The van der Waals surface area contributed by atoms with Gasteiger partial charge in [0, 0.05) is 6.26 Å². The Kier molecular flexibility index (Phi) is 1.82. The Hall–Kier alpha value is -0.780. The fourth-order valence-electron chi connectivity index (χ4n) is 0.759. The van der Waals surface area contributed by atoms with Gasteiger partial charge in [-0.3, -0.25) is 0 Å². The quantitative estimate of drug-likeness (QED) is 0.710. The van der Waals surface area contributed by atoms with E-state index in [9.17, 15) is 8.60 Å². The highest BCUT2D eigenvalue weighted by molar-refractivity contribution is 8.09. The second kappa shape index (κ2) is 2.35. The van der Waals surface area contributed by atoms with Gasteiger partial charge in [0.1, 0.15) is 15.4 Å². The molecule has 0 atom stereocenters. The Morgan fingerprint density at radius 3 is 2.33 bits per heavy atom. The van der Waals surface area contributed by atoms with Crippen molar-refractivity contribution in [3.05, 3.63) is 30.1 Å². The van der Waals surface area contributed by atoms with E-state index in [1.807, 2.05) is 0 Å². The first-order valence-electron chi connectivity index (χ1n) is 3.15. The standard InChI is InChI=1S/C7H9FO3S/c1-12(9,10,11)7-4-2-3-6(8)5-7/h2-5H,1H3,(H2,9,10,11). The molecule has 0 saturated carbocycles. The highest BCUT2D eigenvalue weighted by Crippen LogP contribution is 2.25. The molecule has 5 heteroatoms. The summed E-state index contributed by atoms with van der Waals surface area (Å²) in [5, 5.41) is 0. The third kappa shape index (κ3) is 2.10. The van der Waals surface area contributed by atoms with Gasteiger partial charge in [0.15, 0.2) is 0 Å². The molecule has 0 amide bonds. The first-order chi connectivity index (χ1) is 5.26. The lowest BCUT2D eigenvalue weighted by Crippen LogP contribution is -2.29. The molecule has 1 rings (SSSR count). The minimum atomic E-state index is -4.78. The van der Waals surface area contributed by atoms with E-state index in [0.717, 1.165) is 18.4 Å². The molecule has 68 valence electrons. The van der Waals surface area contributed by atoms with Crippen molar-refractivity contribution >= 4 is 9.63 Å². The van der Waals surface area contributed by atoms with Gasteiger partial charge in [-0.15, -0.1) is 0 Å². The summed E-state index contributed by atoms with van der Waals surface area (Å²) in [5.41, 5.74) is 0. The molecule has 0 aliphatic carbocycles. The molecule has 12 heavy (non-hydrogen) atoms. The third-order valence-corrected chi connectivity index (χ3v) is 2.68. The molecule has 0 saturated heterocycles. The number of benzene rings is 1. The number of halogens is 1. The smallest absolute Gasteiger partial charge is 0.124 e. The molecule has 1 aromatic carbocycles. The SMILES string of the molecule is CS(=O)(O)(O)c1cccc(F)c1. The van der Waals surface area contributed by atoms with E-state index < -0.39 is 15.4 Å². The van der Waals surface area contributed by atoms with E-state index in [2.05, 4.69) is 0 Å². The fourth-order valence-corrected chi connectivity index (χ4v) is 1.54. The van der Waals surface area contributed by atoms with Crippen LogP contribution in [0.3, 0.4) is 0 Å². The van der Waals surface area contributed by atoms with Gasteiger partial charge >= 0.3 is 0 Å². The van der Waals surface area contributed by atoms with Crippen LogP contribution in [0.4, 0.5) is 4.39 Å². The molecule has 0 unspecified atom stereocenters. The first kappa shape index (κ1) is 9.31. The van der Waals surface area contributed by atoms with Crippen LogP contribution in [0.2, 0.25) is 0 Å². The fraction of sp³-hybridized carbons (Fsp3) is 0.143. The zero-order chi connectivity index (χ0) is 9.43. The van der Waals surface area contributed by atoms with Crippen molar-refractivity contribution in [3.63, 3.8) is 0 Å². The molecule has 1 aromatic rings. The van der Waals surface area contributed by atoms with Gasteiger partial charge in [-0.1, -0.05) is 6.07 Å². The Labute approximate surface area is 69.3 Å². The second-order valence-electron chi connectivity index (χ2n) is 2.69. The third-order valence-electron chi connectivity index (χ3n) is 1.34. The Morgan fingerprint density at radius 2 is 2.00 bits per heavy atom. The number of hydrogen-bond acceptors (Lipinski definition) is 1. The van der Waals surface area contributed by atoms with Gasteiger partial charge < -0.3 is 9.11 Å². The molecule has 2 N–H and O–H groups in total. The monoisotopic (exact) mass is 192 g/mol. The van der Waals surface area contributed by atoms with Crippen LogP contribution in [0.15, 0.2) is 29.2 Å². The van der Waals surface area contributed by atoms with E-state index >= 15 is 0 Å². The predicted molar refractivity (Wildman–Crippen MR) is 44.0 cm³/mol. The zero-order valence-electron chi connectivity index (χ0n) is 6.40. The summed E-state index contributed by atoms with van der Waals surface area (Å²) in [4.78, 5) is -0.313. The van der Waals surface area contributed by atoms with E-state index in [0.29, 0.717) is 0 Å². The second-order valence-corrected chi connectivity index (χ2v) is 5.63. The highest BCUT2D eigenvalue weighted by atomic mass is 32.3. The average molecular weight is 192 g/mol. The van der Waals surface area contributed by atoms with Crippen LogP contribution in [-0.2, 0) is 9.63 Å². The molecule has 0 spiro atoms. The van der Waals surface area contributed by atoms with Crippen LogP contribution in [0, 0.1) is 5.82 Å². The zero-order valence-corrected chi connectivity index (χ0v) is 7.21. The molecule has 0 aromatic heterocycles. The van der Waals surface area contributed by atoms with Crippen molar-refractivity contribution in [2.45, 2.75) is 4.90 Å². The van der Waals surface area contributed by atoms with Crippen LogP contribution in [-0.4, -0.2) is 19.6 Å². The van der Waals surface area contributed by atoms with Crippen molar-refractivity contribution in [2.24, 2.45) is 0 Å². The van der Waals surface area contributed by atoms with Gasteiger partial charge in [0.2, 0.25) is 0 Å². The summed E-state index contributed by atoms with van der Waals surface area (Å²) in [7, 11) is -4.78. The van der Waals surface area contributed by atoms with Crippen molar-refractivity contribution in [1.29, 1.82) is 0 Å². The lowest BCUT2D eigenvalue weighted by Gasteiger charge is -2.25. The molecule has 3 nitrogen and oxygen atoms in total. The van der Waals surface area contributed by atoms with Crippen LogP contribution in [0.1, 0.15) is 0 Å². The predicted octanol–water partition coefficient (Wildman–Crippen LogP) is 1.58. The summed E-state index contributed by atoms with van der Waals surface area (Å²) in [5.74, 6) is -0.656. The van der Waals surface area contributed by atoms with Gasteiger partial charge in [-0.25, -0.2) is 8.60 Å². The summed E-state index contributed by atoms with van der Waals surface area (Å²) in [6.07, 6.45) is 0.756. The molecular formula is C7H9FO3S. The maximum Gasteiger partial charge on any atom is 0.124 e. The molecule has 0 bridgehead atoms. The van der Waals surface area contributed by atoms with Crippen LogP contribution < -0.4 is 0 Å². The van der Waals surface area contributed by atoms with Crippen molar-refractivity contribution in [3.8, 4) is 0 Å². The largest absolute Gasteiger partial charge is 0.304 e. The van der Waals surface area contributed by atoms with Crippen molar-refractivity contribution < 1.29 is 17.7 Å². The maximum atomic E-state index is 12.5. The van der Waals surface area contributed by atoms with Crippen LogP contribution in [0.25, 0.3) is 0 Å². The van der Waals surface area contributed by atoms with Gasteiger partial charge in [-0.2, -0.15) is 0 Å². The van der Waals surface area contributed by atoms with Crippen LogP contribution in [0.5, 0.6) is 0 Å². The van der Waals surface area contributed by atoms with E-state index in [1.165, 1.54) is 12.1 Å².